The molecule has 0 bridgehead atoms. The van der Waals surface area contributed by atoms with Crippen molar-refractivity contribution in [2.75, 3.05) is 6.54 Å². The van der Waals surface area contributed by atoms with Crippen LogP contribution in [0.25, 0.3) is 0 Å². The molecule has 1 fully saturated rings. The Kier molecular flexibility index (Phi) is 7.93. The van der Waals surface area contributed by atoms with Crippen LogP contribution in [0.15, 0.2) is 79.1 Å². The van der Waals surface area contributed by atoms with Gasteiger partial charge in [0, 0.05) is 38.3 Å². The van der Waals surface area contributed by atoms with Crippen molar-refractivity contribution in [3.63, 3.8) is 0 Å². The third-order valence-electron chi connectivity index (χ3n) is 6.94. The maximum Gasteiger partial charge on any atom is 0.241 e. The van der Waals surface area contributed by atoms with E-state index in [4.69, 9.17) is 0 Å². The molecule has 0 radical (unpaired) electrons. The van der Waals surface area contributed by atoms with Gasteiger partial charge in [0.15, 0.2) is 0 Å². The number of imide groups is 1. The molecular formula is C30H33N3O3. The smallest absolute Gasteiger partial charge is 0.241 e. The number of rotatable bonds is 10. The highest BCUT2D eigenvalue weighted by Gasteiger charge is 2.54. The lowest BCUT2D eigenvalue weighted by Gasteiger charge is -2.32. The predicted octanol–water partition coefficient (Wildman–Crippen LogP) is 4.81. The molecule has 1 atom stereocenters. The predicted molar refractivity (Wildman–Crippen MR) is 139 cm³/mol. The molecule has 2 aromatic carbocycles. The fourth-order valence-corrected chi connectivity index (χ4v) is 5.00. The fourth-order valence-electron chi connectivity index (χ4n) is 5.00. The molecule has 0 saturated carbocycles. The van der Waals surface area contributed by atoms with E-state index in [0.717, 1.165) is 35.1 Å². The van der Waals surface area contributed by atoms with Crippen molar-refractivity contribution >= 4 is 17.7 Å². The fraction of sp³-hybridized carbons (Fsp3) is 0.333. The highest BCUT2D eigenvalue weighted by atomic mass is 16.2. The average Bonchev–Trinajstić information content (AvgIpc) is 3.12. The Morgan fingerprint density at radius 2 is 1.72 bits per heavy atom. The first-order chi connectivity index (χ1) is 17.4. The lowest BCUT2D eigenvalue weighted by Crippen LogP contribution is -2.43. The zero-order valence-corrected chi connectivity index (χ0v) is 21.0. The largest absolute Gasteiger partial charge is 0.338 e. The van der Waals surface area contributed by atoms with Crippen LogP contribution in [0, 0.1) is 6.92 Å². The maximum absolute atomic E-state index is 14.0. The molecule has 1 unspecified atom stereocenters. The number of carbonyl (C=O) groups is 3. The summed E-state index contributed by atoms with van der Waals surface area (Å²) in [5, 5.41) is 0. The number of pyridine rings is 1. The molecule has 0 aliphatic carbocycles. The van der Waals surface area contributed by atoms with Crippen LogP contribution >= 0.6 is 0 Å². The number of nitrogens with zero attached hydrogens (tertiary/aromatic N) is 3. The van der Waals surface area contributed by atoms with E-state index in [9.17, 15) is 14.4 Å². The van der Waals surface area contributed by atoms with Crippen molar-refractivity contribution in [3.05, 3.63) is 101 Å². The first kappa shape index (κ1) is 25.3. The summed E-state index contributed by atoms with van der Waals surface area (Å²) >= 11 is 0. The molecule has 3 amide bonds. The number of hydrogen-bond donors (Lipinski definition) is 0. The molecule has 0 N–H and O–H groups in total. The lowest BCUT2D eigenvalue weighted by molar-refractivity contribution is -0.143. The number of benzene rings is 2. The molecule has 186 valence electrons. The summed E-state index contributed by atoms with van der Waals surface area (Å²) in [5.41, 5.74) is 2.25. The van der Waals surface area contributed by atoms with Crippen LogP contribution in [-0.2, 0) is 32.9 Å². The Hall–Kier alpha value is -3.80. The van der Waals surface area contributed by atoms with E-state index < -0.39 is 5.41 Å². The zero-order chi connectivity index (χ0) is 25.5. The van der Waals surface area contributed by atoms with E-state index >= 15 is 0 Å². The minimum atomic E-state index is -1.22. The second-order valence-electron chi connectivity index (χ2n) is 9.55. The van der Waals surface area contributed by atoms with Crippen molar-refractivity contribution < 1.29 is 14.4 Å². The summed E-state index contributed by atoms with van der Waals surface area (Å²) in [7, 11) is 0. The van der Waals surface area contributed by atoms with Gasteiger partial charge in [-0.3, -0.25) is 24.3 Å². The monoisotopic (exact) mass is 483 g/mol. The zero-order valence-electron chi connectivity index (χ0n) is 21.0. The second kappa shape index (κ2) is 11.3. The molecule has 1 aliphatic rings. The Bertz CT molecular complexity index is 1210. The van der Waals surface area contributed by atoms with Crippen LogP contribution in [0.4, 0.5) is 0 Å². The van der Waals surface area contributed by atoms with Crippen LogP contribution in [0.1, 0.15) is 54.9 Å². The molecule has 0 spiro atoms. The van der Waals surface area contributed by atoms with Crippen molar-refractivity contribution in [3.8, 4) is 0 Å². The van der Waals surface area contributed by atoms with Crippen LogP contribution in [0.5, 0.6) is 0 Å². The molecule has 1 saturated heterocycles. The average molecular weight is 484 g/mol. The van der Waals surface area contributed by atoms with Gasteiger partial charge in [0.05, 0.1) is 12.0 Å². The highest BCUT2D eigenvalue weighted by Crippen LogP contribution is 2.42. The standard InChI is InChI=1S/C30H33N3O3/c1-3-4-17-32(21-24-12-6-5-7-13-24)27(34)18-30(26-15-9-8-11-23(26)2)19-28(35)33(29(30)36)22-25-14-10-16-31-20-25/h5-16,20H,3-4,17-19,21-22H2,1-2H3. The summed E-state index contributed by atoms with van der Waals surface area (Å²) in [6.07, 6.45) is 5.09. The molecule has 36 heavy (non-hydrogen) atoms. The number of likely N-dealkylation sites (tertiary alicyclic amines) is 1. The lowest BCUT2D eigenvalue weighted by atomic mass is 9.74. The van der Waals surface area contributed by atoms with Gasteiger partial charge in [0.1, 0.15) is 0 Å². The van der Waals surface area contributed by atoms with Gasteiger partial charge in [-0.15, -0.1) is 0 Å². The molecule has 4 rings (SSSR count). The van der Waals surface area contributed by atoms with Gasteiger partial charge in [-0.1, -0.05) is 74.0 Å². The van der Waals surface area contributed by atoms with E-state index in [2.05, 4.69) is 11.9 Å². The second-order valence-corrected chi connectivity index (χ2v) is 9.55. The summed E-state index contributed by atoms with van der Waals surface area (Å²) in [4.78, 5) is 48.4. The van der Waals surface area contributed by atoms with Crippen molar-refractivity contribution in [2.45, 2.75) is 58.0 Å². The van der Waals surface area contributed by atoms with Crippen LogP contribution in [-0.4, -0.2) is 39.1 Å². The summed E-state index contributed by atoms with van der Waals surface area (Å²) in [6, 6.07) is 21.1. The molecule has 1 aromatic heterocycles. The number of amides is 3. The Balaban J connectivity index is 1.68. The summed E-state index contributed by atoms with van der Waals surface area (Å²) in [5.74, 6) is -0.683. The maximum atomic E-state index is 14.0. The molecule has 6 nitrogen and oxygen atoms in total. The number of aryl methyl sites for hydroxylation is 1. The minimum Gasteiger partial charge on any atom is -0.338 e. The third-order valence-corrected chi connectivity index (χ3v) is 6.94. The summed E-state index contributed by atoms with van der Waals surface area (Å²) in [6.45, 7) is 5.26. The molecule has 1 aliphatic heterocycles. The van der Waals surface area contributed by atoms with E-state index in [0.29, 0.717) is 13.1 Å². The van der Waals surface area contributed by atoms with Gasteiger partial charge in [-0.2, -0.15) is 0 Å². The van der Waals surface area contributed by atoms with Crippen LogP contribution in [0.2, 0.25) is 0 Å². The topological polar surface area (TPSA) is 70.6 Å². The number of hydrogen-bond acceptors (Lipinski definition) is 4. The number of unbranched alkanes of at least 4 members (excludes halogenated alkanes) is 1. The van der Waals surface area contributed by atoms with E-state index in [-0.39, 0.29) is 37.1 Å². The van der Waals surface area contributed by atoms with Gasteiger partial charge < -0.3 is 4.90 Å². The van der Waals surface area contributed by atoms with Gasteiger partial charge in [0.2, 0.25) is 17.7 Å². The first-order valence-corrected chi connectivity index (χ1v) is 12.6. The Morgan fingerprint density at radius 3 is 2.42 bits per heavy atom. The van der Waals surface area contributed by atoms with Gasteiger partial charge >= 0.3 is 0 Å². The van der Waals surface area contributed by atoms with Gasteiger partial charge in [-0.25, -0.2) is 0 Å². The van der Waals surface area contributed by atoms with Crippen LogP contribution < -0.4 is 0 Å². The van der Waals surface area contributed by atoms with E-state index in [1.54, 1.807) is 18.5 Å². The van der Waals surface area contributed by atoms with Gasteiger partial charge in [0.25, 0.3) is 0 Å². The third kappa shape index (κ3) is 5.38. The summed E-state index contributed by atoms with van der Waals surface area (Å²) < 4.78 is 0. The van der Waals surface area contributed by atoms with E-state index in [1.165, 1.54) is 4.90 Å². The molecule has 3 aromatic rings. The van der Waals surface area contributed by atoms with Crippen molar-refractivity contribution in [1.29, 1.82) is 0 Å². The van der Waals surface area contributed by atoms with Gasteiger partial charge in [-0.05, 0) is 41.7 Å². The normalized spacial score (nSPS) is 17.4. The molecule has 6 heteroatoms. The molecule has 2 heterocycles. The van der Waals surface area contributed by atoms with E-state index in [1.807, 2.05) is 72.5 Å². The minimum absolute atomic E-state index is 0.0182. The SMILES string of the molecule is CCCCN(Cc1ccccc1)C(=O)CC1(c2ccccc2C)CC(=O)N(Cc2cccnc2)C1=O. The van der Waals surface area contributed by atoms with Crippen molar-refractivity contribution in [2.24, 2.45) is 0 Å². The Morgan fingerprint density at radius 1 is 1.00 bits per heavy atom. The quantitative estimate of drug-likeness (QED) is 0.388. The Labute approximate surface area is 213 Å². The van der Waals surface area contributed by atoms with Crippen LogP contribution in [0.3, 0.4) is 0 Å². The number of aromatic nitrogens is 1. The molecular weight excluding hydrogens is 450 g/mol. The highest BCUT2D eigenvalue weighted by molar-refractivity contribution is 6.10. The van der Waals surface area contributed by atoms with Crippen molar-refractivity contribution in [1.82, 2.24) is 14.8 Å². The number of carbonyl (C=O) groups excluding carboxylic acids is 3. The first-order valence-electron chi connectivity index (χ1n) is 12.6.